The van der Waals surface area contributed by atoms with Gasteiger partial charge >= 0.3 is 0 Å². The fourth-order valence-electron chi connectivity index (χ4n) is 4.25. The first-order chi connectivity index (χ1) is 15.2. The fraction of sp³-hybridized carbons (Fsp3) is 0.450. The van der Waals surface area contributed by atoms with Crippen LogP contribution < -0.4 is 10.6 Å². The molecular weight excluding hydrogens is 470 g/mol. The van der Waals surface area contributed by atoms with Crippen LogP contribution in [0.2, 0.25) is 5.02 Å². The largest absolute Gasteiger partial charge is 0.355 e. The number of aromatic amines is 1. The summed E-state index contributed by atoms with van der Waals surface area (Å²) < 4.78 is 26.1. The lowest BCUT2D eigenvalue weighted by Gasteiger charge is -2.21. The molecule has 5 rings (SSSR count). The Morgan fingerprint density at radius 3 is 2.66 bits per heavy atom. The lowest BCUT2D eigenvalue weighted by atomic mass is 10.2. The first-order valence-electron chi connectivity index (χ1n) is 10.3. The van der Waals surface area contributed by atoms with Crippen molar-refractivity contribution in [2.75, 3.05) is 32.1 Å². The maximum atomic E-state index is 12.5. The second kappa shape index (κ2) is 7.84. The number of fused-ring (bicyclic) bond motifs is 2. The second-order valence-corrected chi connectivity index (χ2v) is 12.0. The van der Waals surface area contributed by atoms with Crippen LogP contribution in [0.3, 0.4) is 0 Å². The number of piperidine rings is 1. The van der Waals surface area contributed by atoms with Crippen LogP contribution in [0.4, 0.5) is 5.82 Å². The number of H-pyrrole nitrogens is 1. The molecule has 1 saturated carbocycles. The Bertz CT molecular complexity index is 1300. The average molecular weight is 494 g/mol. The highest BCUT2D eigenvalue weighted by atomic mass is 35.5. The van der Waals surface area contributed by atoms with Crippen molar-refractivity contribution in [3.8, 4) is 0 Å². The monoisotopic (exact) mass is 493 g/mol. The quantitative estimate of drug-likeness (QED) is 0.502. The molecule has 4 heterocycles. The number of pyridine rings is 1. The third-order valence-electron chi connectivity index (χ3n) is 6.21. The minimum absolute atomic E-state index is 0.124. The SMILES string of the molecule is CCc1[nH]c2nc(Sc3cncc(S(=O)(=O)N(C)C)c3)nc(N3C[C@@H]4C(N)[C@@H]4C3)c2c1Cl. The van der Waals surface area contributed by atoms with E-state index < -0.39 is 10.0 Å². The van der Waals surface area contributed by atoms with E-state index in [1.54, 1.807) is 12.3 Å². The molecule has 0 bridgehead atoms. The molecule has 9 nitrogen and oxygen atoms in total. The minimum Gasteiger partial charge on any atom is -0.355 e. The number of anilines is 1. The van der Waals surface area contributed by atoms with Crippen LogP contribution in [0.25, 0.3) is 11.0 Å². The average Bonchev–Trinajstić information content (AvgIpc) is 3.10. The number of rotatable bonds is 6. The fourth-order valence-corrected chi connectivity index (χ4v) is 6.35. The third-order valence-corrected chi connectivity index (χ3v) is 9.23. The van der Waals surface area contributed by atoms with Crippen molar-refractivity contribution >= 4 is 50.2 Å². The zero-order chi connectivity index (χ0) is 22.8. The van der Waals surface area contributed by atoms with E-state index in [4.69, 9.17) is 22.3 Å². The van der Waals surface area contributed by atoms with Crippen LogP contribution in [-0.2, 0) is 16.4 Å². The molecule has 0 amide bonds. The molecule has 0 aromatic carbocycles. The highest BCUT2D eigenvalue weighted by Crippen LogP contribution is 2.47. The normalized spacial score (nSPS) is 22.7. The predicted octanol–water partition coefficient (Wildman–Crippen LogP) is 2.36. The van der Waals surface area contributed by atoms with Gasteiger partial charge in [0.15, 0.2) is 5.16 Å². The molecule has 32 heavy (non-hydrogen) atoms. The van der Waals surface area contributed by atoms with Gasteiger partial charge in [-0.1, -0.05) is 18.5 Å². The van der Waals surface area contributed by atoms with Gasteiger partial charge in [-0.2, -0.15) is 0 Å². The van der Waals surface area contributed by atoms with E-state index in [0.29, 0.717) is 32.6 Å². The van der Waals surface area contributed by atoms with E-state index in [0.717, 1.165) is 40.7 Å². The second-order valence-electron chi connectivity index (χ2n) is 8.38. The molecule has 1 aliphatic heterocycles. The summed E-state index contributed by atoms with van der Waals surface area (Å²) in [5, 5.41) is 1.98. The Morgan fingerprint density at radius 2 is 2.00 bits per heavy atom. The van der Waals surface area contributed by atoms with Gasteiger partial charge in [0, 0.05) is 56.2 Å². The van der Waals surface area contributed by atoms with Crippen LogP contribution in [-0.4, -0.2) is 65.9 Å². The van der Waals surface area contributed by atoms with Crippen molar-refractivity contribution in [2.45, 2.75) is 34.3 Å². The van der Waals surface area contributed by atoms with Crippen molar-refractivity contribution in [1.82, 2.24) is 24.2 Å². The van der Waals surface area contributed by atoms with Gasteiger partial charge in [0.2, 0.25) is 10.0 Å². The van der Waals surface area contributed by atoms with E-state index in [2.05, 4.69) is 19.9 Å². The number of nitrogens with one attached hydrogen (secondary N) is 1. The maximum absolute atomic E-state index is 12.5. The molecule has 3 aromatic rings. The number of aromatic nitrogens is 4. The van der Waals surface area contributed by atoms with Crippen molar-refractivity contribution in [1.29, 1.82) is 0 Å². The standard InChI is InChI=1S/C20H24ClN7O2S2/c1-4-14-16(21)15-18(24-14)25-20(26-19(15)28-8-12-13(9-28)17(12)22)31-10-5-11(7-23-6-10)32(29,30)27(2)3/h5-7,12-13,17H,4,8-9,22H2,1-3H3,(H,24,25,26)/t12-,13+,17?. The molecule has 3 N–H and O–H groups in total. The van der Waals surface area contributed by atoms with Gasteiger partial charge < -0.3 is 15.6 Å². The highest BCUT2D eigenvalue weighted by molar-refractivity contribution is 7.99. The van der Waals surface area contributed by atoms with Crippen molar-refractivity contribution < 1.29 is 8.42 Å². The van der Waals surface area contributed by atoms with Gasteiger partial charge in [0.05, 0.1) is 10.4 Å². The first-order valence-corrected chi connectivity index (χ1v) is 13.0. The Balaban J connectivity index is 1.54. The molecule has 2 fully saturated rings. The van der Waals surface area contributed by atoms with Crippen LogP contribution >= 0.6 is 23.4 Å². The topological polar surface area (TPSA) is 121 Å². The number of aryl methyl sites for hydroxylation is 1. The molecule has 1 unspecified atom stereocenters. The van der Waals surface area contributed by atoms with Gasteiger partial charge in [-0.15, -0.1) is 0 Å². The predicted molar refractivity (Wildman–Crippen MR) is 125 cm³/mol. The van der Waals surface area contributed by atoms with Gasteiger partial charge in [-0.3, -0.25) is 4.98 Å². The molecule has 1 aliphatic carbocycles. The van der Waals surface area contributed by atoms with Crippen molar-refractivity contribution in [3.05, 3.63) is 29.2 Å². The van der Waals surface area contributed by atoms with Crippen LogP contribution in [0, 0.1) is 11.8 Å². The molecule has 12 heteroatoms. The Labute approximate surface area is 195 Å². The Kier molecular flexibility index (Phi) is 5.37. The van der Waals surface area contributed by atoms with Crippen molar-refractivity contribution in [3.63, 3.8) is 0 Å². The summed E-state index contributed by atoms with van der Waals surface area (Å²) in [5.74, 6) is 1.79. The van der Waals surface area contributed by atoms with Gasteiger partial charge in [-0.05, 0) is 36.1 Å². The maximum Gasteiger partial charge on any atom is 0.244 e. The summed E-state index contributed by atoms with van der Waals surface area (Å²) in [5.41, 5.74) is 7.72. The van der Waals surface area contributed by atoms with Gasteiger partial charge in [0.25, 0.3) is 0 Å². The summed E-state index contributed by atoms with van der Waals surface area (Å²) in [7, 11) is -0.604. The lowest BCUT2D eigenvalue weighted by molar-refractivity contribution is 0.520. The molecule has 3 aromatic heterocycles. The van der Waals surface area contributed by atoms with E-state index >= 15 is 0 Å². The van der Waals surface area contributed by atoms with E-state index in [1.165, 1.54) is 32.1 Å². The molecular formula is C20H24ClN7O2S2. The number of nitrogens with two attached hydrogens (primary N) is 1. The van der Waals surface area contributed by atoms with E-state index in [1.807, 2.05) is 6.92 Å². The summed E-state index contributed by atoms with van der Waals surface area (Å²) in [6, 6.07) is 1.86. The number of halogens is 1. The van der Waals surface area contributed by atoms with E-state index in [9.17, 15) is 8.42 Å². The lowest BCUT2D eigenvalue weighted by Crippen LogP contribution is -2.29. The number of hydrogen-bond donors (Lipinski definition) is 2. The van der Waals surface area contributed by atoms with Gasteiger partial charge in [0.1, 0.15) is 16.4 Å². The molecule has 3 atom stereocenters. The smallest absolute Gasteiger partial charge is 0.244 e. The number of hydrogen-bond acceptors (Lipinski definition) is 8. The number of nitrogens with zero attached hydrogens (tertiary/aromatic N) is 5. The first kappa shape index (κ1) is 21.9. The third kappa shape index (κ3) is 3.56. The summed E-state index contributed by atoms with van der Waals surface area (Å²) >= 11 is 7.95. The molecule has 170 valence electrons. The summed E-state index contributed by atoms with van der Waals surface area (Å²) in [6.45, 7) is 3.73. The molecule has 0 radical (unpaired) electrons. The zero-order valence-corrected chi connectivity index (χ0v) is 20.3. The molecule has 0 spiro atoms. The summed E-state index contributed by atoms with van der Waals surface area (Å²) in [6.07, 6.45) is 3.70. The Morgan fingerprint density at radius 1 is 1.28 bits per heavy atom. The number of sulfonamides is 1. The van der Waals surface area contributed by atoms with E-state index in [-0.39, 0.29) is 10.9 Å². The van der Waals surface area contributed by atoms with Crippen LogP contribution in [0.15, 0.2) is 33.4 Å². The van der Waals surface area contributed by atoms with Crippen LogP contribution in [0.1, 0.15) is 12.6 Å². The Hall–Kier alpha value is -1.92. The molecule has 1 saturated heterocycles. The molecule has 2 aliphatic rings. The van der Waals surface area contributed by atoms with Gasteiger partial charge in [-0.25, -0.2) is 22.7 Å². The summed E-state index contributed by atoms with van der Waals surface area (Å²) in [4.78, 5) is 19.9. The zero-order valence-electron chi connectivity index (χ0n) is 17.9. The van der Waals surface area contributed by atoms with Crippen LogP contribution in [0.5, 0.6) is 0 Å². The minimum atomic E-state index is -3.59. The van der Waals surface area contributed by atoms with Crippen molar-refractivity contribution in [2.24, 2.45) is 17.6 Å². The highest BCUT2D eigenvalue weighted by Gasteiger charge is 2.54.